The minimum Gasteiger partial charge on any atom is -0.454 e. The lowest BCUT2D eigenvalue weighted by molar-refractivity contribution is 0.0884. The van der Waals surface area contributed by atoms with E-state index in [0.717, 1.165) is 0 Å². The number of carbonyl (C=O) groups is 1. The summed E-state index contributed by atoms with van der Waals surface area (Å²) in [6.45, 7) is 3.69. The largest absolute Gasteiger partial charge is 0.454 e. The molecule has 20 heavy (non-hydrogen) atoms. The minimum atomic E-state index is -3.98. The molecule has 1 amide bonds. The van der Waals surface area contributed by atoms with Gasteiger partial charge in [-0.1, -0.05) is 13.8 Å². The van der Waals surface area contributed by atoms with Crippen molar-refractivity contribution in [2.24, 2.45) is 0 Å². The van der Waals surface area contributed by atoms with Crippen molar-refractivity contribution in [3.63, 3.8) is 0 Å². The Kier molecular flexibility index (Phi) is 2.88. The lowest BCUT2D eigenvalue weighted by Gasteiger charge is -2.11. The molecule has 2 aliphatic rings. The number of amides is 1. The Bertz CT molecular complexity index is 713. The summed E-state index contributed by atoms with van der Waals surface area (Å²) in [6, 6.07) is 1.24. The molecular weight excluding hydrogens is 306 g/mol. The first-order chi connectivity index (χ1) is 9.39. The molecule has 8 heteroatoms. The van der Waals surface area contributed by atoms with Crippen LogP contribution >= 0.6 is 11.6 Å². The number of hydrogen-bond acceptors (Lipinski definition) is 5. The highest BCUT2D eigenvalue weighted by atomic mass is 35.5. The van der Waals surface area contributed by atoms with Crippen LogP contribution in [0.5, 0.6) is 11.5 Å². The van der Waals surface area contributed by atoms with Crippen LogP contribution in [0.1, 0.15) is 35.7 Å². The van der Waals surface area contributed by atoms with Crippen molar-refractivity contribution < 1.29 is 22.7 Å². The second kappa shape index (κ2) is 4.26. The van der Waals surface area contributed by atoms with Gasteiger partial charge in [-0.15, -0.1) is 11.6 Å². The van der Waals surface area contributed by atoms with Crippen molar-refractivity contribution in [2.45, 2.75) is 24.7 Å². The van der Waals surface area contributed by atoms with Gasteiger partial charge in [0.1, 0.15) is 10.9 Å². The SMILES string of the molecule is CC(C)c1cc2c(c3c1C(=O)N(CCl)S3(=O)=O)OCO2. The summed E-state index contributed by atoms with van der Waals surface area (Å²) < 4.78 is 36.0. The van der Waals surface area contributed by atoms with Gasteiger partial charge in [-0.2, -0.15) is 0 Å². The van der Waals surface area contributed by atoms with Gasteiger partial charge in [-0.25, -0.2) is 12.7 Å². The molecule has 0 aromatic heterocycles. The minimum absolute atomic E-state index is 0.0346. The molecule has 2 aliphatic heterocycles. The van der Waals surface area contributed by atoms with Gasteiger partial charge >= 0.3 is 0 Å². The van der Waals surface area contributed by atoms with Crippen molar-refractivity contribution in [3.8, 4) is 11.5 Å². The van der Waals surface area contributed by atoms with Gasteiger partial charge in [0, 0.05) is 0 Å². The Hall–Kier alpha value is -1.47. The average Bonchev–Trinajstić information content (AvgIpc) is 2.90. The van der Waals surface area contributed by atoms with Crippen LogP contribution in [0.4, 0.5) is 0 Å². The Balaban J connectivity index is 2.41. The number of rotatable bonds is 2. The van der Waals surface area contributed by atoms with Crippen LogP contribution < -0.4 is 9.47 Å². The molecule has 2 heterocycles. The molecule has 0 aliphatic carbocycles. The summed E-state index contributed by atoms with van der Waals surface area (Å²) in [5, 5.41) is 0. The number of ether oxygens (including phenoxy) is 2. The Morgan fingerprint density at radius 2 is 2.10 bits per heavy atom. The van der Waals surface area contributed by atoms with Gasteiger partial charge in [0.25, 0.3) is 15.9 Å². The first-order valence-corrected chi connectivity index (χ1v) is 7.96. The standard InChI is InChI=1S/C12H12ClNO5S/c1-6(2)7-3-8-10(19-5-18-8)11-9(7)12(15)14(4-13)20(11,16)17/h3,6H,4-5H2,1-2H3. The van der Waals surface area contributed by atoms with Crippen LogP contribution in [-0.2, 0) is 10.0 Å². The molecule has 1 aromatic rings. The van der Waals surface area contributed by atoms with Crippen molar-refractivity contribution in [1.29, 1.82) is 0 Å². The fourth-order valence-corrected chi connectivity index (χ4v) is 4.43. The Labute approximate surface area is 121 Å². The molecule has 0 atom stereocenters. The van der Waals surface area contributed by atoms with Crippen LogP contribution in [0.3, 0.4) is 0 Å². The first kappa shape index (κ1) is 13.5. The lowest BCUT2D eigenvalue weighted by atomic mass is 9.96. The van der Waals surface area contributed by atoms with E-state index >= 15 is 0 Å². The molecule has 3 rings (SSSR count). The smallest absolute Gasteiger partial charge is 0.272 e. The molecule has 0 fully saturated rings. The maximum atomic E-state index is 12.4. The summed E-state index contributed by atoms with van der Waals surface area (Å²) in [7, 11) is -3.98. The highest BCUT2D eigenvalue weighted by molar-refractivity contribution is 7.90. The lowest BCUT2D eigenvalue weighted by Crippen LogP contribution is -2.28. The van der Waals surface area contributed by atoms with E-state index in [-0.39, 0.29) is 28.9 Å². The van der Waals surface area contributed by atoms with Gasteiger partial charge in [-0.3, -0.25) is 4.79 Å². The van der Waals surface area contributed by atoms with Gasteiger partial charge in [0.05, 0.1) is 5.56 Å². The number of hydrogen-bond donors (Lipinski definition) is 0. The molecule has 0 spiro atoms. The summed E-state index contributed by atoms with van der Waals surface area (Å²) in [5.41, 5.74) is 0.760. The molecule has 0 saturated heterocycles. The molecule has 0 bridgehead atoms. The average molecular weight is 318 g/mol. The van der Waals surface area contributed by atoms with Crippen molar-refractivity contribution in [1.82, 2.24) is 4.31 Å². The summed E-state index contributed by atoms with van der Waals surface area (Å²) in [6.07, 6.45) is 0. The number of sulfonamides is 1. The number of nitrogens with zero attached hydrogens (tertiary/aromatic N) is 1. The molecule has 0 saturated carbocycles. The number of halogens is 1. The number of benzene rings is 1. The summed E-state index contributed by atoms with van der Waals surface area (Å²) in [4.78, 5) is 12.2. The topological polar surface area (TPSA) is 72.9 Å². The Morgan fingerprint density at radius 1 is 1.40 bits per heavy atom. The van der Waals surface area contributed by atoms with E-state index in [1.165, 1.54) is 0 Å². The first-order valence-electron chi connectivity index (χ1n) is 5.99. The van der Waals surface area contributed by atoms with E-state index in [2.05, 4.69) is 0 Å². The second-order valence-electron chi connectivity index (χ2n) is 4.84. The zero-order chi connectivity index (χ0) is 14.7. The third kappa shape index (κ3) is 1.56. The fraction of sp³-hybridized carbons (Fsp3) is 0.417. The van der Waals surface area contributed by atoms with E-state index in [9.17, 15) is 13.2 Å². The van der Waals surface area contributed by atoms with E-state index in [4.69, 9.17) is 21.1 Å². The monoisotopic (exact) mass is 317 g/mol. The predicted molar refractivity (Wildman–Crippen MR) is 70.7 cm³/mol. The fourth-order valence-electron chi connectivity index (χ4n) is 2.42. The van der Waals surface area contributed by atoms with Crippen LogP contribution in [-0.4, -0.2) is 31.4 Å². The third-order valence-corrected chi connectivity index (χ3v) is 5.53. The van der Waals surface area contributed by atoms with E-state index in [0.29, 0.717) is 15.6 Å². The zero-order valence-electron chi connectivity index (χ0n) is 10.8. The zero-order valence-corrected chi connectivity index (χ0v) is 12.4. The molecule has 0 N–H and O–H groups in total. The highest BCUT2D eigenvalue weighted by Crippen LogP contribution is 2.48. The maximum absolute atomic E-state index is 12.4. The van der Waals surface area contributed by atoms with E-state index in [1.807, 2.05) is 13.8 Å². The molecule has 0 radical (unpaired) electrons. The van der Waals surface area contributed by atoms with Crippen molar-refractivity contribution in [2.75, 3.05) is 12.8 Å². The molecule has 0 unspecified atom stereocenters. The number of carbonyl (C=O) groups excluding carboxylic acids is 1. The van der Waals surface area contributed by atoms with Gasteiger partial charge < -0.3 is 9.47 Å². The van der Waals surface area contributed by atoms with E-state index in [1.54, 1.807) is 6.07 Å². The third-order valence-electron chi connectivity index (χ3n) is 3.37. The summed E-state index contributed by atoms with van der Waals surface area (Å²) >= 11 is 5.61. The molecule has 6 nitrogen and oxygen atoms in total. The maximum Gasteiger partial charge on any atom is 0.272 e. The predicted octanol–water partition coefficient (Wildman–Crippen LogP) is 1.88. The molecule has 1 aromatic carbocycles. The van der Waals surface area contributed by atoms with Crippen molar-refractivity contribution in [3.05, 3.63) is 17.2 Å². The number of alkyl halides is 1. The second-order valence-corrected chi connectivity index (χ2v) is 6.87. The van der Waals surface area contributed by atoms with Crippen LogP contribution in [0.25, 0.3) is 0 Å². The molecular formula is C12H12ClNO5S. The Morgan fingerprint density at radius 3 is 2.70 bits per heavy atom. The van der Waals surface area contributed by atoms with Gasteiger partial charge in [0.2, 0.25) is 6.79 Å². The van der Waals surface area contributed by atoms with Crippen molar-refractivity contribution >= 4 is 27.5 Å². The quantitative estimate of drug-likeness (QED) is 0.615. The summed E-state index contributed by atoms with van der Waals surface area (Å²) in [5.74, 6) is -0.199. The van der Waals surface area contributed by atoms with Gasteiger partial charge in [0.15, 0.2) is 11.5 Å². The highest BCUT2D eigenvalue weighted by Gasteiger charge is 2.47. The van der Waals surface area contributed by atoms with Crippen LogP contribution in [0.2, 0.25) is 0 Å². The van der Waals surface area contributed by atoms with Gasteiger partial charge in [-0.05, 0) is 17.5 Å². The molecule has 108 valence electrons. The van der Waals surface area contributed by atoms with Crippen LogP contribution in [0, 0.1) is 0 Å². The normalized spacial score (nSPS) is 18.8. The van der Waals surface area contributed by atoms with E-state index < -0.39 is 21.9 Å². The van der Waals surface area contributed by atoms with Crippen LogP contribution in [0.15, 0.2) is 11.0 Å². The number of fused-ring (bicyclic) bond motifs is 3.